The van der Waals surface area contributed by atoms with Crippen LogP contribution in [0.1, 0.15) is 44.2 Å². The van der Waals surface area contributed by atoms with E-state index in [-0.39, 0.29) is 12.4 Å². The molecule has 0 heterocycles. The van der Waals surface area contributed by atoms with Crippen molar-refractivity contribution in [1.29, 1.82) is 0 Å². The van der Waals surface area contributed by atoms with E-state index in [4.69, 9.17) is 9.47 Å². The van der Waals surface area contributed by atoms with Crippen molar-refractivity contribution in [2.75, 3.05) is 6.61 Å². The Morgan fingerprint density at radius 2 is 1.79 bits per heavy atom. The van der Waals surface area contributed by atoms with Crippen LogP contribution in [0.2, 0.25) is 0 Å². The number of aliphatic hydroxyl groups is 1. The molecule has 1 N–H and O–H groups in total. The average molecular weight is 383 g/mol. The van der Waals surface area contributed by atoms with Gasteiger partial charge in [0, 0.05) is 0 Å². The van der Waals surface area contributed by atoms with Gasteiger partial charge in [-0.1, -0.05) is 54.6 Å². The molecule has 0 bridgehead atoms. The number of hydrogen-bond donors (Lipinski definition) is 1. The van der Waals surface area contributed by atoms with Crippen molar-refractivity contribution in [2.45, 2.75) is 51.7 Å². The molecule has 0 radical (unpaired) electrons. The van der Waals surface area contributed by atoms with E-state index in [0.717, 1.165) is 30.6 Å². The summed E-state index contributed by atoms with van der Waals surface area (Å²) in [6, 6.07) is 18.3. The van der Waals surface area contributed by atoms with E-state index in [1.54, 1.807) is 19.9 Å². The van der Waals surface area contributed by atoms with Crippen LogP contribution >= 0.6 is 0 Å². The van der Waals surface area contributed by atoms with E-state index < -0.39 is 5.60 Å². The standard InChI is InChI=1S/C24H30O4/c1-3-27-23(25)18-24(2,26)17-9-5-8-10-20-13-15-22(16-14-20)28-19-21-11-6-4-7-12-21/h4,6-7,9,11-17,26H,3,5,8,10,18-19H2,1-2H3/b17-9+. The normalized spacial score (nSPS) is 13.2. The number of carbonyl (C=O) groups is 1. The highest BCUT2D eigenvalue weighted by Gasteiger charge is 2.21. The third-order valence-electron chi connectivity index (χ3n) is 4.29. The minimum Gasteiger partial charge on any atom is -0.489 e. The monoisotopic (exact) mass is 382 g/mol. The molecule has 0 aromatic heterocycles. The molecule has 4 heteroatoms. The van der Waals surface area contributed by atoms with Crippen LogP contribution in [0, 0.1) is 0 Å². The summed E-state index contributed by atoms with van der Waals surface area (Å²) in [7, 11) is 0. The summed E-state index contributed by atoms with van der Waals surface area (Å²) in [6.45, 7) is 4.27. The van der Waals surface area contributed by atoms with Crippen molar-refractivity contribution >= 4 is 5.97 Å². The zero-order chi connectivity index (χ0) is 20.2. The van der Waals surface area contributed by atoms with Gasteiger partial charge in [0.05, 0.1) is 18.6 Å². The molecule has 2 aromatic rings. The van der Waals surface area contributed by atoms with Crippen LogP contribution in [0.25, 0.3) is 0 Å². The Bertz CT molecular complexity index is 733. The fourth-order valence-corrected chi connectivity index (χ4v) is 2.82. The minimum absolute atomic E-state index is 0.0260. The van der Waals surface area contributed by atoms with E-state index in [0.29, 0.717) is 13.2 Å². The lowest BCUT2D eigenvalue weighted by atomic mass is 10.0. The van der Waals surface area contributed by atoms with Gasteiger partial charge in [0.15, 0.2) is 0 Å². The van der Waals surface area contributed by atoms with Gasteiger partial charge in [-0.15, -0.1) is 0 Å². The molecule has 2 aromatic carbocycles. The van der Waals surface area contributed by atoms with Gasteiger partial charge in [-0.2, -0.15) is 0 Å². The van der Waals surface area contributed by atoms with Crippen molar-refractivity contribution in [3.8, 4) is 5.75 Å². The predicted octanol–water partition coefficient (Wildman–Crippen LogP) is 4.85. The van der Waals surface area contributed by atoms with Crippen molar-refractivity contribution in [3.05, 3.63) is 77.9 Å². The zero-order valence-electron chi connectivity index (χ0n) is 16.8. The molecule has 0 fully saturated rings. The Morgan fingerprint density at radius 1 is 1.07 bits per heavy atom. The smallest absolute Gasteiger partial charge is 0.309 e. The number of benzene rings is 2. The molecule has 0 aliphatic rings. The van der Waals surface area contributed by atoms with Crippen LogP contribution in [0.3, 0.4) is 0 Å². The lowest BCUT2D eigenvalue weighted by molar-refractivity contribution is -0.146. The molecule has 4 nitrogen and oxygen atoms in total. The molecule has 0 saturated heterocycles. The SMILES string of the molecule is CCOC(=O)CC(C)(O)/C=C/CCCc1ccc(OCc2ccccc2)cc1. The summed E-state index contributed by atoms with van der Waals surface area (Å²) in [5.74, 6) is 0.481. The van der Waals surface area contributed by atoms with Crippen molar-refractivity contribution in [2.24, 2.45) is 0 Å². The summed E-state index contributed by atoms with van der Waals surface area (Å²) >= 11 is 0. The quantitative estimate of drug-likeness (QED) is 0.343. The zero-order valence-corrected chi connectivity index (χ0v) is 16.8. The molecule has 0 spiro atoms. The van der Waals surface area contributed by atoms with E-state index in [2.05, 4.69) is 12.1 Å². The van der Waals surface area contributed by atoms with E-state index in [1.807, 2.05) is 48.5 Å². The van der Waals surface area contributed by atoms with Gasteiger partial charge < -0.3 is 14.6 Å². The maximum Gasteiger partial charge on any atom is 0.309 e. The molecule has 150 valence electrons. The van der Waals surface area contributed by atoms with Gasteiger partial charge in [-0.05, 0) is 56.4 Å². The lowest BCUT2D eigenvalue weighted by Crippen LogP contribution is -2.26. The average Bonchev–Trinajstić information content (AvgIpc) is 2.67. The number of aryl methyl sites for hydroxylation is 1. The lowest BCUT2D eigenvalue weighted by Gasteiger charge is -2.17. The topological polar surface area (TPSA) is 55.8 Å². The first-order valence-electron chi connectivity index (χ1n) is 9.80. The molecule has 28 heavy (non-hydrogen) atoms. The van der Waals surface area contributed by atoms with Crippen LogP contribution in [0.5, 0.6) is 5.75 Å². The number of allylic oxidation sites excluding steroid dienone is 1. The molecular weight excluding hydrogens is 352 g/mol. The molecule has 1 atom stereocenters. The summed E-state index contributed by atoms with van der Waals surface area (Å²) in [4.78, 5) is 11.5. The number of rotatable bonds is 11. The molecule has 0 aliphatic carbocycles. The van der Waals surface area contributed by atoms with Crippen molar-refractivity contribution in [1.82, 2.24) is 0 Å². The second-order valence-electron chi connectivity index (χ2n) is 7.05. The number of ether oxygens (including phenoxy) is 2. The Kier molecular flexibility index (Phi) is 8.76. The third kappa shape index (κ3) is 8.40. The number of carbonyl (C=O) groups excluding carboxylic acids is 1. The van der Waals surface area contributed by atoms with Gasteiger partial charge in [-0.3, -0.25) is 4.79 Å². The number of unbranched alkanes of at least 4 members (excludes halogenated alkanes) is 1. The van der Waals surface area contributed by atoms with Crippen molar-refractivity contribution in [3.63, 3.8) is 0 Å². The summed E-state index contributed by atoms with van der Waals surface area (Å²) in [6.07, 6.45) is 6.34. The fraction of sp³-hybridized carbons (Fsp3) is 0.375. The van der Waals surface area contributed by atoms with Crippen LogP contribution in [-0.4, -0.2) is 23.3 Å². The van der Waals surface area contributed by atoms with Crippen LogP contribution in [0.4, 0.5) is 0 Å². The van der Waals surface area contributed by atoms with E-state index >= 15 is 0 Å². The molecule has 1 unspecified atom stereocenters. The summed E-state index contributed by atoms with van der Waals surface area (Å²) < 4.78 is 10.7. The molecular formula is C24H30O4. The fourth-order valence-electron chi connectivity index (χ4n) is 2.82. The van der Waals surface area contributed by atoms with Crippen molar-refractivity contribution < 1.29 is 19.4 Å². The Morgan fingerprint density at radius 3 is 2.46 bits per heavy atom. The third-order valence-corrected chi connectivity index (χ3v) is 4.29. The van der Waals surface area contributed by atoms with Gasteiger partial charge in [0.25, 0.3) is 0 Å². The maximum absolute atomic E-state index is 11.5. The van der Waals surface area contributed by atoms with Gasteiger partial charge in [0.2, 0.25) is 0 Å². The summed E-state index contributed by atoms with van der Waals surface area (Å²) in [5, 5.41) is 10.2. The summed E-state index contributed by atoms with van der Waals surface area (Å²) in [5.41, 5.74) is 1.24. The first-order chi connectivity index (χ1) is 13.5. The highest BCUT2D eigenvalue weighted by molar-refractivity contribution is 5.71. The van der Waals surface area contributed by atoms with Crippen LogP contribution in [-0.2, 0) is 22.6 Å². The Hall–Kier alpha value is -2.59. The van der Waals surface area contributed by atoms with Gasteiger partial charge >= 0.3 is 5.97 Å². The molecule has 2 rings (SSSR count). The van der Waals surface area contributed by atoms with Gasteiger partial charge in [0.1, 0.15) is 12.4 Å². The number of esters is 1. The Balaban J connectivity index is 1.69. The van der Waals surface area contributed by atoms with E-state index in [1.165, 1.54) is 5.56 Å². The van der Waals surface area contributed by atoms with E-state index in [9.17, 15) is 9.90 Å². The Labute approximate surface area is 167 Å². The minimum atomic E-state index is -1.16. The first-order valence-corrected chi connectivity index (χ1v) is 9.80. The molecule has 0 amide bonds. The largest absolute Gasteiger partial charge is 0.489 e. The first kappa shape index (κ1) is 21.7. The maximum atomic E-state index is 11.5. The number of hydrogen-bond acceptors (Lipinski definition) is 4. The highest BCUT2D eigenvalue weighted by atomic mass is 16.5. The van der Waals surface area contributed by atoms with Crippen LogP contribution in [0.15, 0.2) is 66.7 Å². The second kappa shape index (κ2) is 11.3. The predicted molar refractivity (Wildman–Crippen MR) is 111 cm³/mol. The second-order valence-corrected chi connectivity index (χ2v) is 7.05. The highest BCUT2D eigenvalue weighted by Crippen LogP contribution is 2.17. The van der Waals surface area contributed by atoms with Gasteiger partial charge in [-0.25, -0.2) is 0 Å². The molecule has 0 aliphatic heterocycles. The van der Waals surface area contributed by atoms with Crippen LogP contribution < -0.4 is 4.74 Å². The molecule has 0 saturated carbocycles.